The van der Waals surface area contributed by atoms with E-state index in [0.29, 0.717) is 12.6 Å². The first-order valence-corrected chi connectivity index (χ1v) is 6.90. The van der Waals surface area contributed by atoms with Gasteiger partial charge in [-0.1, -0.05) is 5.16 Å². The van der Waals surface area contributed by atoms with Crippen LogP contribution in [-0.2, 0) is 6.54 Å². The van der Waals surface area contributed by atoms with Crippen molar-refractivity contribution < 1.29 is 9.63 Å². The fraction of sp³-hybridized carbons (Fsp3) is 0.692. The van der Waals surface area contributed by atoms with Crippen LogP contribution in [0.25, 0.3) is 0 Å². The van der Waals surface area contributed by atoms with Crippen molar-refractivity contribution in [2.24, 2.45) is 4.99 Å². The van der Waals surface area contributed by atoms with Gasteiger partial charge in [0.25, 0.3) is 0 Å². The van der Waals surface area contributed by atoms with Crippen molar-refractivity contribution in [1.29, 1.82) is 0 Å². The van der Waals surface area contributed by atoms with Crippen LogP contribution in [-0.4, -0.2) is 34.9 Å². The van der Waals surface area contributed by atoms with Gasteiger partial charge in [-0.05, 0) is 32.6 Å². The summed E-state index contributed by atoms with van der Waals surface area (Å²) >= 11 is 0. The van der Waals surface area contributed by atoms with E-state index in [1.165, 1.54) is 0 Å². The predicted molar refractivity (Wildman–Crippen MR) is 72.7 cm³/mol. The maximum Gasteiger partial charge on any atom is 0.191 e. The summed E-state index contributed by atoms with van der Waals surface area (Å²) in [4.78, 5) is 4.48. The molecule has 0 atom stereocenters. The monoisotopic (exact) mass is 266 g/mol. The topological polar surface area (TPSA) is 82.7 Å². The minimum Gasteiger partial charge on any atom is -0.393 e. The van der Waals surface area contributed by atoms with E-state index in [-0.39, 0.29) is 6.10 Å². The number of hydrogen-bond donors (Lipinski definition) is 3. The maximum atomic E-state index is 9.50. The minimum absolute atomic E-state index is 0.132. The second-order valence-corrected chi connectivity index (χ2v) is 4.84. The van der Waals surface area contributed by atoms with E-state index in [0.717, 1.165) is 43.9 Å². The molecule has 1 aromatic rings. The van der Waals surface area contributed by atoms with Crippen molar-refractivity contribution in [3.05, 3.63) is 18.0 Å². The first kappa shape index (κ1) is 13.9. The Hall–Kier alpha value is -1.56. The van der Waals surface area contributed by atoms with Gasteiger partial charge in [0.2, 0.25) is 0 Å². The smallest absolute Gasteiger partial charge is 0.191 e. The lowest BCUT2D eigenvalue weighted by Crippen LogP contribution is -2.45. The third-order valence-corrected chi connectivity index (χ3v) is 3.27. The van der Waals surface area contributed by atoms with Crippen LogP contribution in [0.1, 0.15) is 38.3 Å². The maximum absolute atomic E-state index is 9.50. The van der Waals surface area contributed by atoms with Crippen molar-refractivity contribution in [1.82, 2.24) is 15.8 Å². The standard InChI is InChI=1S/C13H22N4O2/c1-2-14-13(15-9-11-7-8-19-17-11)16-10-3-5-12(18)6-4-10/h7-8,10,12,18H,2-6,9H2,1H3,(H2,14,15,16). The highest BCUT2D eigenvalue weighted by molar-refractivity contribution is 5.80. The van der Waals surface area contributed by atoms with E-state index in [1.807, 2.05) is 13.0 Å². The quantitative estimate of drug-likeness (QED) is 0.560. The summed E-state index contributed by atoms with van der Waals surface area (Å²) in [5, 5.41) is 20.0. The van der Waals surface area contributed by atoms with E-state index in [4.69, 9.17) is 4.52 Å². The minimum atomic E-state index is -0.132. The molecule has 0 unspecified atom stereocenters. The molecule has 6 nitrogen and oxygen atoms in total. The van der Waals surface area contributed by atoms with Crippen LogP contribution in [0.15, 0.2) is 21.8 Å². The summed E-state index contributed by atoms with van der Waals surface area (Å²) < 4.78 is 4.78. The summed E-state index contributed by atoms with van der Waals surface area (Å²) in [6.45, 7) is 3.36. The molecular weight excluding hydrogens is 244 g/mol. The lowest BCUT2D eigenvalue weighted by molar-refractivity contribution is 0.120. The Bertz CT molecular complexity index is 383. The van der Waals surface area contributed by atoms with E-state index in [1.54, 1.807) is 6.26 Å². The molecule has 1 aliphatic rings. The van der Waals surface area contributed by atoms with Gasteiger partial charge in [0.1, 0.15) is 12.0 Å². The average Bonchev–Trinajstić information content (AvgIpc) is 2.92. The Morgan fingerprint density at radius 1 is 1.47 bits per heavy atom. The van der Waals surface area contributed by atoms with Crippen LogP contribution in [0.4, 0.5) is 0 Å². The van der Waals surface area contributed by atoms with Crippen LogP contribution in [0.2, 0.25) is 0 Å². The zero-order valence-electron chi connectivity index (χ0n) is 11.3. The van der Waals surface area contributed by atoms with Crippen LogP contribution < -0.4 is 10.6 Å². The highest BCUT2D eigenvalue weighted by atomic mass is 16.5. The predicted octanol–water partition coefficient (Wildman–Crippen LogP) is 1.03. The number of aliphatic imine (C=N–C) groups is 1. The largest absolute Gasteiger partial charge is 0.393 e. The molecule has 0 aromatic carbocycles. The van der Waals surface area contributed by atoms with Crippen molar-refractivity contribution in [3.8, 4) is 0 Å². The molecule has 1 aliphatic carbocycles. The number of guanidine groups is 1. The molecule has 0 bridgehead atoms. The van der Waals surface area contributed by atoms with E-state index >= 15 is 0 Å². The Kier molecular flexibility index (Phi) is 5.20. The van der Waals surface area contributed by atoms with Crippen LogP contribution >= 0.6 is 0 Å². The molecule has 1 fully saturated rings. The highest BCUT2D eigenvalue weighted by Gasteiger charge is 2.19. The van der Waals surface area contributed by atoms with Crippen molar-refractivity contribution in [3.63, 3.8) is 0 Å². The molecule has 106 valence electrons. The number of aliphatic hydroxyl groups excluding tert-OH is 1. The zero-order chi connectivity index (χ0) is 13.5. The lowest BCUT2D eigenvalue weighted by Gasteiger charge is -2.27. The number of rotatable bonds is 4. The third-order valence-electron chi connectivity index (χ3n) is 3.27. The fourth-order valence-corrected chi connectivity index (χ4v) is 2.21. The van der Waals surface area contributed by atoms with Crippen molar-refractivity contribution >= 4 is 5.96 Å². The first-order chi connectivity index (χ1) is 9.28. The molecule has 1 heterocycles. The Labute approximate surface area is 113 Å². The molecule has 0 spiro atoms. The lowest BCUT2D eigenvalue weighted by atomic mass is 9.93. The Balaban J connectivity index is 1.86. The molecule has 0 saturated heterocycles. The summed E-state index contributed by atoms with van der Waals surface area (Å²) in [5.74, 6) is 0.798. The van der Waals surface area contributed by atoms with Crippen LogP contribution in [0.5, 0.6) is 0 Å². The van der Waals surface area contributed by atoms with Crippen molar-refractivity contribution in [2.45, 2.75) is 51.3 Å². The van der Waals surface area contributed by atoms with Gasteiger partial charge in [0, 0.05) is 18.7 Å². The number of hydrogen-bond acceptors (Lipinski definition) is 4. The molecule has 6 heteroatoms. The van der Waals surface area contributed by atoms with Crippen LogP contribution in [0.3, 0.4) is 0 Å². The number of aliphatic hydroxyl groups is 1. The molecule has 0 radical (unpaired) electrons. The van der Waals surface area contributed by atoms with E-state index in [9.17, 15) is 5.11 Å². The van der Waals surface area contributed by atoms with Crippen LogP contribution in [0, 0.1) is 0 Å². The first-order valence-electron chi connectivity index (χ1n) is 6.90. The SMILES string of the molecule is CCNC(=NCc1ccon1)NC1CCC(O)CC1. The third kappa shape index (κ3) is 4.55. The van der Waals surface area contributed by atoms with E-state index in [2.05, 4.69) is 20.8 Å². The molecule has 2 rings (SSSR count). The van der Waals surface area contributed by atoms with E-state index < -0.39 is 0 Å². The second kappa shape index (κ2) is 7.13. The van der Waals surface area contributed by atoms with Gasteiger partial charge in [-0.3, -0.25) is 0 Å². The summed E-state index contributed by atoms with van der Waals surface area (Å²) in [6.07, 6.45) is 5.10. The van der Waals surface area contributed by atoms with Gasteiger partial charge >= 0.3 is 0 Å². The number of nitrogens with one attached hydrogen (secondary N) is 2. The fourth-order valence-electron chi connectivity index (χ4n) is 2.21. The molecule has 3 N–H and O–H groups in total. The number of aromatic nitrogens is 1. The molecule has 0 amide bonds. The zero-order valence-corrected chi connectivity index (χ0v) is 11.3. The molecular formula is C13H22N4O2. The van der Waals surface area contributed by atoms with Gasteiger partial charge in [0.05, 0.1) is 12.6 Å². The highest BCUT2D eigenvalue weighted by Crippen LogP contribution is 2.18. The molecule has 1 aromatic heterocycles. The van der Waals surface area contributed by atoms with Gasteiger partial charge in [-0.2, -0.15) is 0 Å². The average molecular weight is 266 g/mol. The van der Waals surface area contributed by atoms with Crippen molar-refractivity contribution in [2.75, 3.05) is 6.54 Å². The second-order valence-electron chi connectivity index (χ2n) is 4.84. The Morgan fingerprint density at radius 2 is 2.26 bits per heavy atom. The van der Waals surface area contributed by atoms with Gasteiger partial charge in [-0.15, -0.1) is 0 Å². The molecule has 19 heavy (non-hydrogen) atoms. The molecule has 1 saturated carbocycles. The summed E-state index contributed by atoms with van der Waals surface area (Å²) in [7, 11) is 0. The summed E-state index contributed by atoms with van der Waals surface area (Å²) in [6, 6.07) is 2.20. The van der Waals surface area contributed by atoms with Gasteiger partial charge < -0.3 is 20.3 Å². The van der Waals surface area contributed by atoms with Gasteiger partial charge in [-0.25, -0.2) is 4.99 Å². The number of nitrogens with zero attached hydrogens (tertiary/aromatic N) is 2. The van der Waals surface area contributed by atoms with Gasteiger partial charge in [0.15, 0.2) is 5.96 Å². The Morgan fingerprint density at radius 3 is 2.89 bits per heavy atom. The molecule has 0 aliphatic heterocycles. The summed E-state index contributed by atoms with van der Waals surface area (Å²) in [5.41, 5.74) is 0.816. The normalized spacial score (nSPS) is 24.2.